The zero-order valence-corrected chi connectivity index (χ0v) is 22.9. The van der Waals surface area contributed by atoms with Crippen molar-refractivity contribution in [3.63, 3.8) is 0 Å². The summed E-state index contributed by atoms with van der Waals surface area (Å²) in [6, 6.07) is 19.9. The summed E-state index contributed by atoms with van der Waals surface area (Å²) in [5.41, 5.74) is 13.8. The molecule has 5 aromatic rings. The maximum absolute atomic E-state index is 13.1. The lowest BCUT2D eigenvalue weighted by Crippen LogP contribution is -2.36. The van der Waals surface area contributed by atoms with Gasteiger partial charge in [0.05, 0.1) is 18.9 Å². The van der Waals surface area contributed by atoms with Crippen molar-refractivity contribution in [1.82, 2.24) is 19.9 Å². The zero-order chi connectivity index (χ0) is 27.9. The second-order valence-corrected chi connectivity index (χ2v) is 10.7. The first-order chi connectivity index (χ1) is 20.0. The van der Waals surface area contributed by atoms with Gasteiger partial charge >= 0.3 is 0 Å². The van der Waals surface area contributed by atoms with E-state index in [4.69, 9.17) is 15.5 Å². The maximum atomic E-state index is 13.1. The van der Waals surface area contributed by atoms with Crippen molar-refractivity contribution in [2.75, 3.05) is 42.3 Å². The Morgan fingerprint density at radius 2 is 1.85 bits per heavy atom. The number of nitrogens with two attached hydrogens (primary N) is 1. The maximum Gasteiger partial charge on any atom is 0.255 e. The van der Waals surface area contributed by atoms with E-state index in [-0.39, 0.29) is 11.9 Å². The molecule has 9 nitrogen and oxygen atoms in total. The molecule has 2 fully saturated rings. The van der Waals surface area contributed by atoms with Crippen LogP contribution in [0.25, 0.3) is 33.5 Å². The Morgan fingerprint density at radius 3 is 2.59 bits per heavy atom. The van der Waals surface area contributed by atoms with Crippen LogP contribution in [0.5, 0.6) is 0 Å². The van der Waals surface area contributed by atoms with Crippen molar-refractivity contribution in [3.05, 3.63) is 83.6 Å². The summed E-state index contributed by atoms with van der Waals surface area (Å²) >= 11 is 0. The van der Waals surface area contributed by atoms with Crippen molar-refractivity contribution in [3.8, 4) is 22.5 Å². The number of anilines is 3. The normalized spacial score (nSPS) is 15.3. The second kappa shape index (κ2) is 10.3. The van der Waals surface area contributed by atoms with Crippen molar-refractivity contribution in [1.29, 1.82) is 0 Å². The number of aromatic amines is 1. The molecule has 1 saturated carbocycles. The van der Waals surface area contributed by atoms with Gasteiger partial charge in [-0.05, 0) is 73.2 Å². The number of amides is 1. The minimum Gasteiger partial charge on any atom is -0.378 e. The first-order valence-electron chi connectivity index (χ1n) is 14.0. The molecule has 4 heterocycles. The highest BCUT2D eigenvalue weighted by Gasteiger charge is 2.23. The molecule has 4 N–H and O–H groups in total. The Hall–Kier alpha value is -4.76. The van der Waals surface area contributed by atoms with Gasteiger partial charge in [0.25, 0.3) is 5.91 Å². The number of ether oxygens (including phenoxy) is 1. The number of nitrogens with zero attached hydrogens (tertiary/aromatic N) is 4. The smallest absolute Gasteiger partial charge is 0.255 e. The van der Waals surface area contributed by atoms with Gasteiger partial charge in [-0.3, -0.25) is 4.79 Å². The lowest BCUT2D eigenvalue weighted by molar-refractivity contribution is 0.102. The summed E-state index contributed by atoms with van der Waals surface area (Å²) in [4.78, 5) is 32.5. The minimum absolute atomic E-state index is 0.142. The van der Waals surface area contributed by atoms with Crippen molar-refractivity contribution in [2.24, 2.45) is 0 Å². The van der Waals surface area contributed by atoms with E-state index in [0.29, 0.717) is 36.0 Å². The van der Waals surface area contributed by atoms with Crippen LogP contribution in [-0.4, -0.2) is 52.1 Å². The number of nitrogens with one attached hydrogen (secondary N) is 2. The molecule has 9 heteroatoms. The third-order valence-corrected chi connectivity index (χ3v) is 7.96. The molecule has 2 aromatic carbocycles. The molecule has 0 atom stereocenters. The van der Waals surface area contributed by atoms with E-state index in [1.807, 2.05) is 55.6 Å². The number of carbonyl (C=O) groups excluding carboxylic acids is 1. The van der Waals surface area contributed by atoms with Crippen LogP contribution in [0, 0.1) is 6.92 Å². The molecule has 7 rings (SSSR count). The lowest BCUT2D eigenvalue weighted by atomic mass is 10.0. The average molecular weight is 546 g/mol. The molecule has 3 aromatic heterocycles. The Morgan fingerprint density at radius 1 is 1.05 bits per heavy atom. The van der Waals surface area contributed by atoms with Crippen LogP contribution in [0.4, 0.5) is 17.5 Å². The Bertz CT molecular complexity index is 1740. The third kappa shape index (κ3) is 5.00. The summed E-state index contributed by atoms with van der Waals surface area (Å²) in [6.07, 6.45) is 4.34. The molecule has 0 unspecified atom stereocenters. The number of hydrogen-bond donors (Lipinski definition) is 3. The standard InChI is InChI=1S/C32H31N7O2/c1-19-24(3-2-4-26(19)36-31(40)22-9-7-21(8-10-22)20-5-6-20)29-25-17-27(35-30(25)38-32(33)37-29)23-11-12-28(34-18-23)39-13-15-41-16-14-39/h2-4,7-12,17-18,20H,5-6,13-16H2,1H3,(H,36,40)(H3,33,35,37,38). The molecule has 0 bridgehead atoms. The van der Waals surface area contributed by atoms with Crippen LogP contribution >= 0.6 is 0 Å². The average Bonchev–Trinajstić information content (AvgIpc) is 3.77. The number of H-pyrrole nitrogens is 1. The minimum atomic E-state index is -0.142. The molecule has 1 saturated heterocycles. The third-order valence-electron chi connectivity index (χ3n) is 7.96. The van der Waals surface area contributed by atoms with Crippen LogP contribution in [0.3, 0.4) is 0 Å². The molecular formula is C32H31N7O2. The summed E-state index contributed by atoms with van der Waals surface area (Å²) in [5.74, 6) is 1.62. The quantitative estimate of drug-likeness (QED) is 0.256. The molecule has 1 amide bonds. The number of rotatable bonds is 6. The summed E-state index contributed by atoms with van der Waals surface area (Å²) in [5, 5.41) is 3.93. The number of fused-ring (bicyclic) bond motifs is 1. The molecule has 0 spiro atoms. The number of hydrogen-bond acceptors (Lipinski definition) is 7. The molecule has 41 heavy (non-hydrogen) atoms. The number of benzene rings is 2. The molecule has 0 radical (unpaired) electrons. The van der Waals surface area contributed by atoms with E-state index in [1.54, 1.807) is 0 Å². The molecular weight excluding hydrogens is 514 g/mol. The number of nitrogen functional groups attached to an aromatic ring is 1. The Labute approximate surface area is 237 Å². The van der Waals surface area contributed by atoms with Crippen molar-refractivity contribution >= 4 is 34.4 Å². The SMILES string of the molecule is Cc1c(NC(=O)c2ccc(C3CC3)cc2)cccc1-c1nc(N)nc2[nH]c(-c3ccc(N4CCOCC4)nc3)cc12. The van der Waals surface area contributed by atoms with Crippen LogP contribution < -0.4 is 16.0 Å². The van der Waals surface area contributed by atoms with Crippen molar-refractivity contribution < 1.29 is 9.53 Å². The van der Waals surface area contributed by atoms with Crippen molar-refractivity contribution in [2.45, 2.75) is 25.7 Å². The van der Waals surface area contributed by atoms with E-state index in [9.17, 15) is 4.79 Å². The van der Waals surface area contributed by atoms with E-state index >= 15 is 0 Å². The lowest BCUT2D eigenvalue weighted by Gasteiger charge is -2.27. The molecule has 206 valence electrons. The van der Waals surface area contributed by atoms with Crippen LogP contribution in [0.15, 0.2) is 66.9 Å². The number of pyridine rings is 1. The summed E-state index contributed by atoms with van der Waals surface area (Å²) < 4.78 is 5.45. The van der Waals surface area contributed by atoms with Gasteiger partial charge in [-0.1, -0.05) is 24.3 Å². The highest BCUT2D eigenvalue weighted by molar-refractivity contribution is 6.05. The fraction of sp³-hybridized carbons (Fsp3) is 0.250. The van der Waals surface area contributed by atoms with Gasteiger partial charge in [0, 0.05) is 52.7 Å². The highest BCUT2D eigenvalue weighted by atomic mass is 16.5. The van der Waals surface area contributed by atoms with Gasteiger partial charge in [0.15, 0.2) is 0 Å². The van der Waals surface area contributed by atoms with Gasteiger partial charge < -0.3 is 25.7 Å². The van der Waals surface area contributed by atoms with E-state index < -0.39 is 0 Å². The summed E-state index contributed by atoms with van der Waals surface area (Å²) in [7, 11) is 0. The predicted molar refractivity (Wildman–Crippen MR) is 161 cm³/mol. The Kier molecular flexibility index (Phi) is 6.36. The fourth-order valence-corrected chi connectivity index (χ4v) is 5.46. The van der Waals surface area contributed by atoms with E-state index in [2.05, 4.69) is 43.4 Å². The van der Waals surface area contributed by atoms with Gasteiger partial charge in [-0.25, -0.2) is 9.97 Å². The van der Waals surface area contributed by atoms with Gasteiger partial charge in [0.2, 0.25) is 5.95 Å². The van der Waals surface area contributed by atoms with Gasteiger partial charge in [-0.15, -0.1) is 0 Å². The zero-order valence-electron chi connectivity index (χ0n) is 22.9. The predicted octanol–water partition coefficient (Wildman–Crippen LogP) is 5.54. The number of aromatic nitrogens is 4. The molecule has 1 aliphatic heterocycles. The van der Waals surface area contributed by atoms with E-state index in [0.717, 1.165) is 52.4 Å². The molecule has 2 aliphatic rings. The monoisotopic (exact) mass is 545 g/mol. The number of morpholine rings is 1. The fourth-order valence-electron chi connectivity index (χ4n) is 5.46. The van der Waals surface area contributed by atoms with Gasteiger partial charge in [-0.2, -0.15) is 4.98 Å². The van der Waals surface area contributed by atoms with Gasteiger partial charge in [0.1, 0.15) is 11.5 Å². The highest BCUT2D eigenvalue weighted by Crippen LogP contribution is 2.40. The number of carbonyl (C=O) groups is 1. The first-order valence-corrected chi connectivity index (χ1v) is 14.0. The van der Waals surface area contributed by atoms with Crippen LogP contribution in [0.2, 0.25) is 0 Å². The van der Waals surface area contributed by atoms with Crippen LogP contribution in [-0.2, 0) is 4.74 Å². The first kappa shape index (κ1) is 25.2. The second-order valence-electron chi connectivity index (χ2n) is 10.7. The van der Waals surface area contributed by atoms with Crippen LogP contribution in [0.1, 0.15) is 40.2 Å². The molecule has 1 aliphatic carbocycles. The Balaban J connectivity index is 1.18. The van der Waals surface area contributed by atoms with E-state index in [1.165, 1.54) is 18.4 Å². The largest absolute Gasteiger partial charge is 0.378 e. The topological polar surface area (TPSA) is 122 Å². The summed E-state index contributed by atoms with van der Waals surface area (Å²) in [6.45, 7) is 5.08.